The minimum absolute atomic E-state index is 0.0209. The van der Waals surface area contributed by atoms with Crippen LogP contribution in [0.3, 0.4) is 0 Å². The Morgan fingerprint density at radius 1 is 1.03 bits per heavy atom. The standard InChI is InChI=1S/C23H19ClN6OS2/c24-16-3-1-15(2-4-16)19-12-18-21(33-19)22(26-14-25-18)29-7-5-28(6-8-29)13-17-11-20(31)30-9-10-32-23(30)27-17/h1-4,9-12,14H,5-8,13H2. The van der Waals surface area contributed by atoms with E-state index in [9.17, 15) is 4.79 Å². The summed E-state index contributed by atoms with van der Waals surface area (Å²) in [6, 6.07) is 11.7. The van der Waals surface area contributed by atoms with E-state index in [-0.39, 0.29) is 5.56 Å². The van der Waals surface area contributed by atoms with Crippen LogP contribution in [0.25, 0.3) is 25.6 Å². The van der Waals surface area contributed by atoms with E-state index in [4.69, 9.17) is 11.6 Å². The molecule has 0 saturated carbocycles. The molecule has 4 aromatic heterocycles. The second kappa shape index (κ2) is 8.49. The molecule has 0 N–H and O–H groups in total. The molecule has 5 aromatic rings. The summed E-state index contributed by atoms with van der Waals surface area (Å²) in [5, 5.41) is 2.62. The Kier molecular flexibility index (Phi) is 5.34. The van der Waals surface area contributed by atoms with Gasteiger partial charge in [0.15, 0.2) is 4.96 Å². The molecule has 1 aliphatic rings. The second-order valence-corrected chi connectivity index (χ2v) is 10.3. The van der Waals surface area contributed by atoms with Gasteiger partial charge in [0.05, 0.1) is 15.9 Å². The first-order valence-electron chi connectivity index (χ1n) is 10.6. The molecule has 10 heteroatoms. The van der Waals surface area contributed by atoms with Crippen LogP contribution in [-0.4, -0.2) is 50.4 Å². The van der Waals surface area contributed by atoms with Crippen LogP contribution in [0.2, 0.25) is 5.02 Å². The number of benzene rings is 1. The molecule has 0 atom stereocenters. The number of rotatable bonds is 4. The van der Waals surface area contributed by atoms with E-state index in [0.717, 1.165) is 68.3 Å². The third-order valence-corrected chi connectivity index (χ3v) is 8.01. The van der Waals surface area contributed by atoms with Crippen LogP contribution < -0.4 is 10.5 Å². The zero-order valence-corrected chi connectivity index (χ0v) is 19.9. The summed E-state index contributed by atoms with van der Waals surface area (Å²) >= 11 is 9.24. The van der Waals surface area contributed by atoms with Crippen LogP contribution in [0.1, 0.15) is 5.69 Å². The van der Waals surface area contributed by atoms with Gasteiger partial charge in [-0.2, -0.15) is 0 Å². The van der Waals surface area contributed by atoms with E-state index < -0.39 is 0 Å². The molecule has 0 radical (unpaired) electrons. The van der Waals surface area contributed by atoms with Gasteiger partial charge in [-0.3, -0.25) is 14.1 Å². The molecule has 7 nitrogen and oxygen atoms in total. The molecular formula is C23H19ClN6OS2. The van der Waals surface area contributed by atoms with E-state index in [1.807, 2.05) is 29.6 Å². The van der Waals surface area contributed by atoms with Gasteiger partial charge in [-0.1, -0.05) is 23.7 Å². The van der Waals surface area contributed by atoms with E-state index in [1.54, 1.807) is 34.3 Å². The van der Waals surface area contributed by atoms with Gasteiger partial charge in [0.1, 0.15) is 12.1 Å². The lowest BCUT2D eigenvalue weighted by Gasteiger charge is -2.35. The van der Waals surface area contributed by atoms with Gasteiger partial charge in [0.2, 0.25) is 0 Å². The summed E-state index contributed by atoms with van der Waals surface area (Å²) in [4.78, 5) is 32.6. The van der Waals surface area contributed by atoms with Crippen LogP contribution in [0.5, 0.6) is 0 Å². The van der Waals surface area contributed by atoms with Gasteiger partial charge in [0, 0.05) is 60.3 Å². The van der Waals surface area contributed by atoms with Gasteiger partial charge < -0.3 is 4.90 Å². The highest BCUT2D eigenvalue weighted by Gasteiger charge is 2.22. The first kappa shape index (κ1) is 20.7. The summed E-state index contributed by atoms with van der Waals surface area (Å²) in [5.41, 5.74) is 2.90. The SMILES string of the molecule is O=c1cc(CN2CCN(c3ncnc4cc(-c5ccc(Cl)cc5)sc34)CC2)nc2sccn12. The maximum absolute atomic E-state index is 12.3. The van der Waals surface area contributed by atoms with Crippen molar-refractivity contribution in [3.05, 3.63) is 75.4 Å². The summed E-state index contributed by atoms with van der Waals surface area (Å²) in [5.74, 6) is 0.987. The minimum Gasteiger partial charge on any atom is -0.353 e. The molecule has 1 saturated heterocycles. The number of anilines is 1. The van der Waals surface area contributed by atoms with Crippen molar-refractivity contribution in [2.75, 3.05) is 31.1 Å². The molecule has 166 valence electrons. The molecule has 1 fully saturated rings. The van der Waals surface area contributed by atoms with Crippen molar-refractivity contribution in [2.24, 2.45) is 0 Å². The Morgan fingerprint density at radius 2 is 1.85 bits per heavy atom. The number of thiazole rings is 1. The fourth-order valence-electron chi connectivity index (χ4n) is 4.14. The van der Waals surface area contributed by atoms with Crippen molar-refractivity contribution in [1.29, 1.82) is 0 Å². The minimum atomic E-state index is -0.0209. The molecule has 6 rings (SSSR count). The van der Waals surface area contributed by atoms with E-state index in [2.05, 4.69) is 30.8 Å². The summed E-state index contributed by atoms with van der Waals surface area (Å²) < 4.78 is 2.69. The zero-order valence-electron chi connectivity index (χ0n) is 17.5. The predicted octanol–water partition coefficient (Wildman–Crippen LogP) is 4.40. The van der Waals surface area contributed by atoms with Gasteiger partial charge >= 0.3 is 0 Å². The number of halogens is 1. The van der Waals surface area contributed by atoms with Crippen molar-refractivity contribution in [1.82, 2.24) is 24.3 Å². The zero-order chi connectivity index (χ0) is 22.4. The number of thiophene rings is 1. The monoisotopic (exact) mass is 494 g/mol. The first-order chi connectivity index (χ1) is 16.1. The number of fused-ring (bicyclic) bond motifs is 2. The molecule has 0 unspecified atom stereocenters. The van der Waals surface area contributed by atoms with E-state index >= 15 is 0 Å². The Labute approximate surface area is 202 Å². The van der Waals surface area contributed by atoms with Crippen molar-refractivity contribution in [3.8, 4) is 10.4 Å². The first-order valence-corrected chi connectivity index (χ1v) is 12.6. The number of hydrogen-bond acceptors (Lipinski definition) is 8. The lowest BCUT2D eigenvalue weighted by atomic mass is 10.2. The number of piperazine rings is 1. The van der Waals surface area contributed by atoms with Crippen molar-refractivity contribution in [3.63, 3.8) is 0 Å². The van der Waals surface area contributed by atoms with E-state index in [1.165, 1.54) is 11.3 Å². The summed E-state index contributed by atoms with van der Waals surface area (Å²) in [6.45, 7) is 4.16. The number of hydrogen-bond donors (Lipinski definition) is 0. The summed E-state index contributed by atoms with van der Waals surface area (Å²) in [6.07, 6.45) is 3.42. The third kappa shape index (κ3) is 4.02. The Hall–Kier alpha value is -2.85. The Morgan fingerprint density at radius 3 is 2.67 bits per heavy atom. The maximum Gasteiger partial charge on any atom is 0.258 e. The predicted molar refractivity (Wildman–Crippen MR) is 135 cm³/mol. The van der Waals surface area contributed by atoms with Crippen molar-refractivity contribution < 1.29 is 0 Å². The number of aromatic nitrogens is 4. The molecule has 33 heavy (non-hydrogen) atoms. The topological polar surface area (TPSA) is 66.6 Å². The van der Waals surface area contributed by atoms with Gasteiger partial charge in [0.25, 0.3) is 5.56 Å². The molecule has 0 spiro atoms. The largest absolute Gasteiger partial charge is 0.353 e. The lowest BCUT2D eigenvalue weighted by molar-refractivity contribution is 0.247. The third-order valence-electron chi connectivity index (χ3n) is 5.83. The maximum atomic E-state index is 12.3. The molecule has 0 amide bonds. The van der Waals surface area contributed by atoms with Crippen LogP contribution in [0, 0.1) is 0 Å². The van der Waals surface area contributed by atoms with Crippen molar-refractivity contribution >= 4 is 55.3 Å². The molecule has 1 aromatic carbocycles. The van der Waals surface area contributed by atoms with Crippen LogP contribution in [0.15, 0.2) is 59.1 Å². The highest BCUT2D eigenvalue weighted by molar-refractivity contribution is 7.22. The Bertz CT molecular complexity index is 1500. The van der Waals surface area contributed by atoms with Gasteiger partial charge in [-0.05, 0) is 23.8 Å². The van der Waals surface area contributed by atoms with Crippen molar-refractivity contribution in [2.45, 2.75) is 6.54 Å². The highest BCUT2D eigenvalue weighted by Crippen LogP contribution is 2.37. The second-order valence-electron chi connectivity index (χ2n) is 7.93. The lowest BCUT2D eigenvalue weighted by Crippen LogP contribution is -2.46. The van der Waals surface area contributed by atoms with Gasteiger partial charge in [-0.25, -0.2) is 15.0 Å². The van der Waals surface area contributed by atoms with Crippen LogP contribution >= 0.6 is 34.3 Å². The fourth-order valence-corrected chi connectivity index (χ4v) is 6.14. The quantitative estimate of drug-likeness (QED) is 0.369. The smallest absolute Gasteiger partial charge is 0.258 e. The molecular weight excluding hydrogens is 476 g/mol. The average molecular weight is 495 g/mol. The number of nitrogens with zero attached hydrogens (tertiary/aromatic N) is 6. The molecule has 5 heterocycles. The molecule has 0 bridgehead atoms. The van der Waals surface area contributed by atoms with Crippen LogP contribution in [0.4, 0.5) is 5.82 Å². The Balaban J connectivity index is 1.20. The van der Waals surface area contributed by atoms with Crippen LogP contribution in [-0.2, 0) is 6.54 Å². The average Bonchev–Trinajstić information content (AvgIpc) is 3.47. The molecule has 1 aliphatic heterocycles. The normalized spacial score (nSPS) is 15.0. The van der Waals surface area contributed by atoms with Gasteiger partial charge in [-0.15, -0.1) is 22.7 Å². The fraction of sp³-hybridized carbons (Fsp3) is 0.217. The molecule has 0 aliphatic carbocycles. The summed E-state index contributed by atoms with van der Waals surface area (Å²) in [7, 11) is 0. The van der Waals surface area contributed by atoms with E-state index in [0.29, 0.717) is 6.54 Å². The highest BCUT2D eigenvalue weighted by atomic mass is 35.5.